The largest absolute Gasteiger partial charge is 0.378 e. The normalized spacial score (nSPS) is 16.0. The second-order valence-electron chi connectivity index (χ2n) is 6.23. The van der Waals surface area contributed by atoms with Crippen LogP contribution < -0.4 is 4.90 Å². The van der Waals surface area contributed by atoms with Gasteiger partial charge in [-0.05, 0) is 41.6 Å². The van der Waals surface area contributed by atoms with E-state index in [9.17, 15) is 14.0 Å². The molecule has 3 rings (SSSR count). The van der Waals surface area contributed by atoms with Gasteiger partial charge < -0.3 is 4.90 Å². The highest BCUT2D eigenvalue weighted by atomic mass is 32.2. The van der Waals surface area contributed by atoms with Crippen molar-refractivity contribution in [3.05, 3.63) is 82.5 Å². The van der Waals surface area contributed by atoms with E-state index in [1.165, 1.54) is 6.07 Å². The summed E-state index contributed by atoms with van der Waals surface area (Å²) < 4.78 is 13.8. The van der Waals surface area contributed by atoms with E-state index >= 15 is 0 Å². The molecule has 0 bridgehead atoms. The van der Waals surface area contributed by atoms with E-state index in [-0.39, 0.29) is 6.54 Å². The molecule has 1 heterocycles. The molecule has 138 valence electrons. The van der Waals surface area contributed by atoms with Crippen molar-refractivity contribution >= 4 is 34.7 Å². The Morgan fingerprint density at radius 1 is 1.07 bits per heavy atom. The van der Waals surface area contributed by atoms with Crippen molar-refractivity contribution in [1.82, 2.24) is 4.90 Å². The second kappa shape index (κ2) is 8.22. The van der Waals surface area contributed by atoms with Gasteiger partial charge in [-0.15, -0.1) is 0 Å². The lowest BCUT2D eigenvalue weighted by atomic mass is 10.2. The first-order valence-corrected chi connectivity index (χ1v) is 9.20. The summed E-state index contributed by atoms with van der Waals surface area (Å²) in [6.45, 7) is -0.0651. The molecule has 0 spiro atoms. The van der Waals surface area contributed by atoms with Gasteiger partial charge in [-0.3, -0.25) is 14.5 Å². The summed E-state index contributed by atoms with van der Waals surface area (Å²) in [5, 5.41) is -0.391. The third kappa shape index (κ3) is 4.46. The van der Waals surface area contributed by atoms with Gasteiger partial charge in [0.05, 0.1) is 11.4 Å². The van der Waals surface area contributed by atoms with E-state index in [0.717, 1.165) is 27.9 Å². The first kappa shape index (κ1) is 18.9. The Hall–Kier alpha value is -2.86. The molecule has 0 saturated carbocycles. The minimum atomic E-state index is -0.429. The summed E-state index contributed by atoms with van der Waals surface area (Å²) in [4.78, 5) is 28.0. The number of hydrogen-bond acceptors (Lipinski definition) is 4. The summed E-state index contributed by atoms with van der Waals surface area (Å²) in [6.07, 6.45) is 5.22. The Labute approximate surface area is 162 Å². The Morgan fingerprint density at radius 2 is 1.78 bits per heavy atom. The van der Waals surface area contributed by atoms with Crippen molar-refractivity contribution in [2.75, 3.05) is 19.0 Å². The molecule has 0 unspecified atom stereocenters. The summed E-state index contributed by atoms with van der Waals surface area (Å²) in [7, 11) is 3.95. The highest BCUT2D eigenvalue weighted by Gasteiger charge is 2.35. The number of benzene rings is 2. The van der Waals surface area contributed by atoms with Gasteiger partial charge in [0.15, 0.2) is 0 Å². The summed E-state index contributed by atoms with van der Waals surface area (Å²) in [6, 6.07) is 14.1. The van der Waals surface area contributed by atoms with Crippen LogP contribution in [0.1, 0.15) is 11.1 Å². The van der Waals surface area contributed by atoms with Crippen LogP contribution in [0.5, 0.6) is 0 Å². The van der Waals surface area contributed by atoms with Gasteiger partial charge in [0, 0.05) is 25.3 Å². The monoisotopic (exact) mass is 382 g/mol. The average molecular weight is 382 g/mol. The maximum absolute atomic E-state index is 13.8. The lowest BCUT2D eigenvalue weighted by molar-refractivity contribution is -0.123. The van der Waals surface area contributed by atoms with Gasteiger partial charge in [0.2, 0.25) is 0 Å². The fraction of sp³-hybridized carbons (Fsp3) is 0.143. The van der Waals surface area contributed by atoms with Crippen LogP contribution in [0, 0.1) is 5.82 Å². The van der Waals surface area contributed by atoms with Gasteiger partial charge in [0.1, 0.15) is 5.82 Å². The fourth-order valence-electron chi connectivity index (χ4n) is 2.58. The average Bonchev–Trinajstić information content (AvgIpc) is 2.91. The molecule has 6 heteroatoms. The number of rotatable bonds is 5. The molecular formula is C21H19FN2O2S. The SMILES string of the molecule is CN(C)c1ccc(/C=C/C=C2\SC(=O)N(Cc3ccccc3F)C2=O)cc1. The van der Waals surface area contributed by atoms with Crippen LogP contribution in [0.4, 0.5) is 14.9 Å². The van der Waals surface area contributed by atoms with E-state index in [2.05, 4.69) is 0 Å². The number of amides is 2. The number of thioether (sulfide) groups is 1. The molecule has 27 heavy (non-hydrogen) atoms. The van der Waals surface area contributed by atoms with Gasteiger partial charge in [-0.2, -0.15) is 0 Å². The number of anilines is 1. The minimum absolute atomic E-state index is 0.0651. The maximum Gasteiger partial charge on any atom is 0.293 e. The third-order valence-electron chi connectivity index (χ3n) is 4.11. The number of carbonyl (C=O) groups is 2. The summed E-state index contributed by atoms with van der Waals surface area (Å²) in [5.41, 5.74) is 2.40. The number of nitrogens with zero attached hydrogens (tertiary/aromatic N) is 2. The number of halogens is 1. The van der Waals surface area contributed by atoms with Crippen LogP contribution >= 0.6 is 11.8 Å². The van der Waals surface area contributed by atoms with E-state index < -0.39 is 17.0 Å². The van der Waals surface area contributed by atoms with Crippen molar-refractivity contribution in [2.45, 2.75) is 6.54 Å². The predicted molar refractivity (Wildman–Crippen MR) is 108 cm³/mol. The number of imide groups is 1. The topological polar surface area (TPSA) is 40.6 Å². The molecule has 2 aromatic rings. The van der Waals surface area contributed by atoms with Gasteiger partial charge in [0.25, 0.3) is 11.1 Å². The van der Waals surface area contributed by atoms with Crippen LogP contribution in [0.25, 0.3) is 6.08 Å². The number of carbonyl (C=O) groups excluding carboxylic acids is 2. The predicted octanol–water partition coefficient (Wildman–Crippen LogP) is 4.68. The Bertz CT molecular complexity index is 920. The molecule has 2 aromatic carbocycles. The molecular weight excluding hydrogens is 363 g/mol. The minimum Gasteiger partial charge on any atom is -0.378 e. The van der Waals surface area contributed by atoms with Crippen molar-refractivity contribution < 1.29 is 14.0 Å². The van der Waals surface area contributed by atoms with E-state index in [1.807, 2.05) is 49.3 Å². The van der Waals surface area contributed by atoms with Crippen molar-refractivity contribution in [3.8, 4) is 0 Å². The van der Waals surface area contributed by atoms with E-state index in [0.29, 0.717) is 10.5 Å². The lowest BCUT2D eigenvalue weighted by Gasteiger charge is -2.12. The maximum atomic E-state index is 13.8. The van der Waals surface area contributed by atoms with Gasteiger partial charge in [-0.25, -0.2) is 4.39 Å². The molecule has 1 aliphatic heterocycles. The molecule has 0 radical (unpaired) electrons. The molecule has 1 fully saturated rings. The first-order chi connectivity index (χ1) is 13.0. The molecule has 2 amide bonds. The lowest BCUT2D eigenvalue weighted by Crippen LogP contribution is -2.27. The van der Waals surface area contributed by atoms with Crippen LogP contribution in [0.3, 0.4) is 0 Å². The van der Waals surface area contributed by atoms with E-state index in [4.69, 9.17) is 0 Å². The Kier molecular flexibility index (Phi) is 5.76. The summed E-state index contributed by atoms with van der Waals surface area (Å²) >= 11 is 0.867. The molecule has 0 atom stereocenters. The molecule has 1 aliphatic rings. The summed E-state index contributed by atoms with van der Waals surface area (Å²) in [5.74, 6) is -0.831. The number of hydrogen-bond donors (Lipinski definition) is 0. The zero-order chi connectivity index (χ0) is 19.4. The van der Waals surface area contributed by atoms with Crippen LogP contribution in [0.2, 0.25) is 0 Å². The molecule has 4 nitrogen and oxygen atoms in total. The highest BCUT2D eigenvalue weighted by molar-refractivity contribution is 8.18. The Morgan fingerprint density at radius 3 is 2.44 bits per heavy atom. The quantitative estimate of drug-likeness (QED) is 0.704. The van der Waals surface area contributed by atoms with Gasteiger partial charge in [-0.1, -0.05) is 42.5 Å². The van der Waals surface area contributed by atoms with Crippen LogP contribution in [-0.4, -0.2) is 30.1 Å². The van der Waals surface area contributed by atoms with Crippen molar-refractivity contribution in [1.29, 1.82) is 0 Å². The molecule has 0 N–H and O–H groups in total. The van der Waals surface area contributed by atoms with Crippen molar-refractivity contribution in [3.63, 3.8) is 0 Å². The van der Waals surface area contributed by atoms with Crippen LogP contribution in [-0.2, 0) is 11.3 Å². The standard InChI is InChI=1S/C21H19FN2O2S/c1-23(2)17-12-10-15(11-13-17)6-5-9-19-20(25)24(21(26)27-19)14-16-7-3-4-8-18(16)22/h3-13H,14H2,1-2H3/b6-5+,19-9-. The zero-order valence-electron chi connectivity index (χ0n) is 15.1. The van der Waals surface area contributed by atoms with Gasteiger partial charge >= 0.3 is 0 Å². The molecule has 0 aromatic heterocycles. The van der Waals surface area contributed by atoms with E-state index in [1.54, 1.807) is 30.4 Å². The Balaban J connectivity index is 1.69. The zero-order valence-corrected chi connectivity index (χ0v) is 15.9. The fourth-order valence-corrected chi connectivity index (χ4v) is 3.37. The molecule has 0 aliphatic carbocycles. The smallest absolute Gasteiger partial charge is 0.293 e. The second-order valence-corrected chi connectivity index (χ2v) is 7.22. The third-order valence-corrected chi connectivity index (χ3v) is 5.03. The van der Waals surface area contributed by atoms with Crippen LogP contribution in [0.15, 0.2) is 65.6 Å². The molecule has 1 saturated heterocycles. The van der Waals surface area contributed by atoms with Crippen molar-refractivity contribution in [2.24, 2.45) is 0 Å². The number of allylic oxidation sites excluding steroid dienone is 2. The highest BCUT2D eigenvalue weighted by Crippen LogP contribution is 2.32. The first-order valence-electron chi connectivity index (χ1n) is 8.38.